The molecule has 0 saturated heterocycles. The maximum Gasteiger partial charge on any atom is 0.315 e. The van der Waals surface area contributed by atoms with E-state index in [1.165, 1.54) is 6.92 Å². The van der Waals surface area contributed by atoms with Gasteiger partial charge in [-0.25, -0.2) is 0 Å². The molecule has 1 unspecified atom stereocenters. The standard InChI is InChI=1S/C8H13N5O3.ClH/c1-3-16-7(15)4(2)5-6(14)13(10)8(9)12-11-5;/h4H,3,10H2,1-2H3,(H2,9,12);1H. The fraction of sp³-hybridized carbons (Fsp3) is 0.500. The minimum absolute atomic E-state index is 0. The Bertz CT molecular complexity index is 461. The first-order valence-corrected chi connectivity index (χ1v) is 4.65. The molecule has 0 aromatic carbocycles. The lowest BCUT2D eigenvalue weighted by Crippen LogP contribution is -2.36. The number of halogens is 1. The summed E-state index contributed by atoms with van der Waals surface area (Å²) in [5.41, 5.74) is 4.53. The van der Waals surface area contributed by atoms with E-state index in [0.717, 1.165) is 0 Å². The number of hydrogen-bond acceptors (Lipinski definition) is 7. The van der Waals surface area contributed by atoms with Crippen molar-refractivity contribution in [2.75, 3.05) is 18.2 Å². The van der Waals surface area contributed by atoms with Crippen LogP contribution in [0.5, 0.6) is 0 Å². The van der Waals surface area contributed by atoms with Gasteiger partial charge in [0.2, 0.25) is 5.95 Å². The van der Waals surface area contributed by atoms with Gasteiger partial charge >= 0.3 is 5.97 Å². The Hall–Kier alpha value is -1.83. The Morgan fingerprint density at radius 2 is 2.12 bits per heavy atom. The van der Waals surface area contributed by atoms with E-state index >= 15 is 0 Å². The summed E-state index contributed by atoms with van der Waals surface area (Å²) in [6, 6.07) is 0. The van der Waals surface area contributed by atoms with Gasteiger partial charge in [0.15, 0.2) is 0 Å². The molecule has 1 aromatic rings. The van der Waals surface area contributed by atoms with Crippen LogP contribution in [0.15, 0.2) is 4.79 Å². The first-order valence-electron chi connectivity index (χ1n) is 4.65. The van der Waals surface area contributed by atoms with Crippen molar-refractivity contribution in [2.24, 2.45) is 0 Å². The van der Waals surface area contributed by atoms with Crippen molar-refractivity contribution in [1.82, 2.24) is 14.9 Å². The maximum absolute atomic E-state index is 11.6. The summed E-state index contributed by atoms with van der Waals surface area (Å²) in [7, 11) is 0. The fourth-order valence-corrected chi connectivity index (χ4v) is 1.07. The van der Waals surface area contributed by atoms with E-state index in [0.29, 0.717) is 4.68 Å². The second-order valence-corrected chi connectivity index (χ2v) is 3.09. The van der Waals surface area contributed by atoms with Gasteiger partial charge in [-0.15, -0.1) is 22.6 Å². The summed E-state index contributed by atoms with van der Waals surface area (Å²) in [4.78, 5) is 23.0. The normalized spacial score (nSPS) is 11.4. The highest BCUT2D eigenvalue weighted by molar-refractivity contribution is 5.85. The predicted octanol–water partition coefficient (Wildman–Crippen LogP) is -0.977. The highest BCUT2D eigenvalue weighted by Crippen LogP contribution is 2.09. The molecule has 0 fully saturated rings. The highest BCUT2D eigenvalue weighted by atomic mass is 35.5. The zero-order valence-corrected chi connectivity index (χ0v) is 10.2. The SMILES string of the molecule is CCOC(=O)C(C)c1nnc(N)n(N)c1=O.Cl. The number of carbonyl (C=O) groups is 1. The second-order valence-electron chi connectivity index (χ2n) is 3.09. The first kappa shape index (κ1) is 15.2. The molecule has 0 aliphatic carbocycles. The molecule has 0 saturated carbocycles. The molecule has 1 atom stereocenters. The molecule has 0 aliphatic rings. The van der Waals surface area contributed by atoms with E-state index in [1.807, 2.05) is 0 Å². The lowest BCUT2D eigenvalue weighted by Gasteiger charge is -2.09. The predicted molar refractivity (Wildman–Crippen MR) is 63.2 cm³/mol. The van der Waals surface area contributed by atoms with Crippen molar-refractivity contribution in [3.63, 3.8) is 0 Å². The number of nitrogen functional groups attached to an aromatic ring is 2. The quantitative estimate of drug-likeness (QED) is 0.530. The van der Waals surface area contributed by atoms with E-state index in [-0.39, 0.29) is 30.7 Å². The molecule has 0 amide bonds. The third-order valence-corrected chi connectivity index (χ3v) is 2.00. The van der Waals surface area contributed by atoms with Crippen LogP contribution < -0.4 is 17.1 Å². The molecule has 0 spiro atoms. The molecule has 8 nitrogen and oxygen atoms in total. The van der Waals surface area contributed by atoms with Crippen molar-refractivity contribution in [2.45, 2.75) is 19.8 Å². The number of rotatable bonds is 3. The van der Waals surface area contributed by atoms with Gasteiger partial charge < -0.3 is 16.3 Å². The Morgan fingerprint density at radius 1 is 1.53 bits per heavy atom. The lowest BCUT2D eigenvalue weighted by atomic mass is 10.1. The Kier molecular flexibility index (Phi) is 5.39. The van der Waals surface area contributed by atoms with Gasteiger partial charge in [0.1, 0.15) is 11.6 Å². The second kappa shape index (κ2) is 6.04. The molecule has 1 heterocycles. The van der Waals surface area contributed by atoms with Crippen LogP contribution in [0.2, 0.25) is 0 Å². The molecule has 0 radical (unpaired) electrons. The molecule has 9 heteroatoms. The van der Waals surface area contributed by atoms with Crippen LogP contribution in [0.25, 0.3) is 0 Å². The van der Waals surface area contributed by atoms with E-state index in [4.69, 9.17) is 16.3 Å². The average Bonchev–Trinajstić information content (AvgIpc) is 2.26. The summed E-state index contributed by atoms with van der Waals surface area (Å²) in [6.07, 6.45) is 0. The maximum atomic E-state index is 11.6. The van der Waals surface area contributed by atoms with Gasteiger partial charge in [0, 0.05) is 0 Å². The number of hydrogen-bond donors (Lipinski definition) is 2. The van der Waals surface area contributed by atoms with Crippen LogP contribution in [0.3, 0.4) is 0 Å². The highest BCUT2D eigenvalue weighted by Gasteiger charge is 2.23. The summed E-state index contributed by atoms with van der Waals surface area (Å²) in [5, 5.41) is 7.01. The molecule has 96 valence electrons. The van der Waals surface area contributed by atoms with Crippen molar-refractivity contribution in [3.8, 4) is 0 Å². The van der Waals surface area contributed by atoms with Crippen molar-refractivity contribution in [1.29, 1.82) is 0 Å². The third-order valence-electron chi connectivity index (χ3n) is 2.00. The monoisotopic (exact) mass is 263 g/mol. The van der Waals surface area contributed by atoms with Gasteiger partial charge in [-0.05, 0) is 13.8 Å². The van der Waals surface area contributed by atoms with Crippen LogP contribution >= 0.6 is 12.4 Å². The Balaban J connectivity index is 0.00000256. The average molecular weight is 264 g/mol. The minimum Gasteiger partial charge on any atom is -0.465 e. The topological polar surface area (TPSA) is 126 Å². The minimum atomic E-state index is -0.824. The molecule has 0 bridgehead atoms. The smallest absolute Gasteiger partial charge is 0.315 e. The summed E-state index contributed by atoms with van der Waals surface area (Å²) in [6.45, 7) is 3.38. The molecular formula is C8H14ClN5O3. The summed E-state index contributed by atoms with van der Waals surface area (Å²) < 4.78 is 5.39. The largest absolute Gasteiger partial charge is 0.465 e. The number of ether oxygens (including phenoxy) is 1. The third kappa shape index (κ3) is 3.06. The van der Waals surface area contributed by atoms with Gasteiger partial charge in [-0.3, -0.25) is 9.59 Å². The lowest BCUT2D eigenvalue weighted by molar-refractivity contribution is -0.144. The summed E-state index contributed by atoms with van der Waals surface area (Å²) in [5.74, 6) is 3.72. The van der Waals surface area contributed by atoms with Crippen LogP contribution in [0.1, 0.15) is 25.5 Å². The number of esters is 1. The van der Waals surface area contributed by atoms with Crippen LogP contribution in [-0.4, -0.2) is 27.4 Å². The van der Waals surface area contributed by atoms with Crippen molar-refractivity contribution < 1.29 is 9.53 Å². The number of nitrogens with two attached hydrogens (primary N) is 2. The van der Waals surface area contributed by atoms with Gasteiger partial charge in [-0.1, -0.05) is 0 Å². The molecule has 1 aromatic heterocycles. The number of anilines is 1. The zero-order valence-electron chi connectivity index (χ0n) is 9.41. The molecular weight excluding hydrogens is 250 g/mol. The van der Waals surface area contributed by atoms with Crippen molar-refractivity contribution in [3.05, 3.63) is 16.0 Å². The zero-order chi connectivity index (χ0) is 12.3. The summed E-state index contributed by atoms with van der Waals surface area (Å²) >= 11 is 0. The Labute approximate surface area is 103 Å². The number of aromatic nitrogens is 3. The van der Waals surface area contributed by atoms with Gasteiger partial charge in [0.05, 0.1) is 6.61 Å². The fourth-order valence-electron chi connectivity index (χ4n) is 1.07. The van der Waals surface area contributed by atoms with Crippen LogP contribution in [0, 0.1) is 0 Å². The van der Waals surface area contributed by atoms with E-state index < -0.39 is 17.4 Å². The van der Waals surface area contributed by atoms with Gasteiger partial charge in [0.25, 0.3) is 5.56 Å². The molecule has 4 N–H and O–H groups in total. The van der Waals surface area contributed by atoms with E-state index in [9.17, 15) is 9.59 Å². The number of carbonyl (C=O) groups excluding carboxylic acids is 1. The van der Waals surface area contributed by atoms with Crippen LogP contribution in [-0.2, 0) is 9.53 Å². The first-order chi connectivity index (χ1) is 7.49. The Morgan fingerprint density at radius 3 is 2.65 bits per heavy atom. The molecule has 17 heavy (non-hydrogen) atoms. The molecule has 0 aliphatic heterocycles. The van der Waals surface area contributed by atoms with E-state index in [1.54, 1.807) is 6.92 Å². The van der Waals surface area contributed by atoms with Crippen LogP contribution in [0.4, 0.5) is 5.95 Å². The van der Waals surface area contributed by atoms with E-state index in [2.05, 4.69) is 10.2 Å². The van der Waals surface area contributed by atoms with Crippen molar-refractivity contribution >= 4 is 24.3 Å². The number of nitrogens with zero attached hydrogens (tertiary/aromatic N) is 3. The van der Waals surface area contributed by atoms with Gasteiger partial charge in [-0.2, -0.15) is 4.68 Å². The molecule has 1 rings (SSSR count).